The molecule has 11 heteroatoms. The van der Waals surface area contributed by atoms with E-state index in [1.165, 1.54) is 4.57 Å². The van der Waals surface area contributed by atoms with Crippen LogP contribution < -0.4 is 11.2 Å². The fourth-order valence-corrected chi connectivity index (χ4v) is 11.3. The Hall–Kier alpha value is -1.56. The lowest BCUT2D eigenvalue weighted by molar-refractivity contribution is -0.0810. The minimum atomic E-state index is -2.86. The number of fused-ring (bicyclic) bond motifs is 1. The Morgan fingerprint density at radius 3 is 2.17 bits per heavy atom. The summed E-state index contributed by atoms with van der Waals surface area (Å²) in [6, 6.07) is 3.08. The van der Waals surface area contributed by atoms with Gasteiger partial charge in [0.1, 0.15) is 30.1 Å². The number of nitrogens with zero attached hydrogens (tertiary/aromatic N) is 2. The van der Waals surface area contributed by atoms with Gasteiger partial charge in [-0.05, 0) is 18.1 Å². The Morgan fingerprint density at radius 1 is 1.11 bits per heavy atom. The molecule has 9 nitrogen and oxygen atoms in total. The van der Waals surface area contributed by atoms with Crippen LogP contribution >= 0.6 is 0 Å². The molecule has 2 aliphatic rings. The zero-order valence-corrected chi connectivity index (χ0v) is 24.9. The number of H-pyrrole nitrogens is 1. The summed E-state index contributed by atoms with van der Waals surface area (Å²) < 4.78 is 28.0. The van der Waals surface area contributed by atoms with Crippen molar-refractivity contribution in [2.45, 2.75) is 115 Å². The molecule has 0 spiro atoms. The van der Waals surface area contributed by atoms with Crippen LogP contribution in [0.4, 0.5) is 0 Å². The maximum atomic E-state index is 12.9. The number of nitrogens with one attached hydrogen (secondary N) is 1. The van der Waals surface area contributed by atoms with Crippen molar-refractivity contribution in [3.8, 4) is 6.07 Å². The summed E-state index contributed by atoms with van der Waals surface area (Å²) in [7, 11) is -5.24. The molecule has 0 saturated carbocycles. The van der Waals surface area contributed by atoms with Crippen molar-refractivity contribution in [1.29, 1.82) is 5.26 Å². The van der Waals surface area contributed by atoms with Crippen molar-refractivity contribution in [2.75, 3.05) is 6.61 Å². The third kappa shape index (κ3) is 4.76. The van der Waals surface area contributed by atoms with E-state index in [1.807, 2.05) is 6.07 Å². The highest BCUT2D eigenvalue weighted by Gasteiger charge is 2.66. The molecule has 1 N–H and O–H groups in total. The Kier molecular flexibility index (Phi) is 7.03. The van der Waals surface area contributed by atoms with Gasteiger partial charge in [0.25, 0.3) is 5.56 Å². The Morgan fingerprint density at radius 2 is 1.69 bits per heavy atom. The molecule has 2 aliphatic heterocycles. The second kappa shape index (κ2) is 8.78. The minimum absolute atomic E-state index is 0.0812. The number of nitriles is 1. The minimum Gasteiger partial charge on any atom is -0.407 e. The predicted octanol–water partition coefficient (Wildman–Crippen LogP) is 4.15. The molecule has 0 radical (unpaired) electrons. The van der Waals surface area contributed by atoms with Crippen LogP contribution in [0.2, 0.25) is 28.2 Å². The molecular weight excluding hydrogens is 482 g/mol. The summed E-state index contributed by atoms with van der Waals surface area (Å²) in [4.78, 5) is 27.1. The maximum Gasteiger partial charge on any atom is 0.349 e. The Balaban J connectivity index is 2.18. The van der Waals surface area contributed by atoms with Crippen LogP contribution in [-0.2, 0) is 18.0 Å². The van der Waals surface area contributed by atoms with Gasteiger partial charge in [-0.25, -0.2) is 4.79 Å². The second-order valence-corrected chi connectivity index (χ2v) is 22.7. The van der Waals surface area contributed by atoms with Crippen LogP contribution in [0, 0.1) is 11.3 Å². The van der Waals surface area contributed by atoms with Gasteiger partial charge in [0.2, 0.25) is 0 Å². The van der Waals surface area contributed by atoms with Crippen molar-refractivity contribution in [1.82, 2.24) is 9.55 Å². The molecule has 3 rings (SSSR count). The second-order valence-electron chi connectivity index (χ2n) is 13.2. The van der Waals surface area contributed by atoms with Crippen molar-refractivity contribution in [3.63, 3.8) is 0 Å². The van der Waals surface area contributed by atoms with E-state index >= 15 is 0 Å². The van der Waals surface area contributed by atoms with Gasteiger partial charge in [-0.2, -0.15) is 5.26 Å². The van der Waals surface area contributed by atoms with E-state index in [0.29, 0.717) is 6.61 Å². The van der Waals surface area contributed by atoms with Crippen LogP contribution in [-0.4, -0.2) is 51.3 Å². The normalized spacial score (nSPS) is 27.4. The first-order valence-corrected chi connectivity index (χ1v) is 16.9. The van der Waals surface area contributed by atoms with Crippen LogP contribution in [0.25, 0.3) is 0 Å². The van der Waals surface area contributed by atoms with Gasteiger partial charge >= 0.3 is 14.3 Å². The average molecular weight is 524 g/mol. The van der Waals surface area contributed by atoms with E-state index in [-0.39, 0.29) is 20.8 Å². The molecule has 3 heterocycles. The van der Waals surface area contributed by atoms with Gasteiger partial charge in [-0.1, -0.05) is 62.3 Å². The predicted molar refractivity (Wildman–Crippen MR) is 138 cm³/mol. The highest BCUT2D eigenvalue weighted by atomic mass is 28.4. The smallest absolute Gasteiger partial charge is 0.349 e. The molecule has 2 fully saturated rings. The Bertz CT molecular complexity index is 1100. The molecular formula is C24H41N3O6Si2. The van der Waals surface area contributed by atoms with Gasteiger partial charge < -0.3 is 18.0 Å². The molecule has 196 valence electrons. The van der Waals surface area contributed by atoms with Crippen molar-refractivity contribution < 1.29 is 18.0 Å². The largest absolute Gasteiger partial charge is 0.407 e. The Labute approximate surface area is 210 Å². The van der Waals surface area contributed by atoms with E-state index in [2.05, 4.69) is 80.4 Å². The number of rotatable bonds is 3. The summed E-state index contributed by atoms with van der Waals surface area (Å²) in [5, 5.41) is 9.12. The SMILES string of the molecule is CC(C)(C)[Si](C)(C)O[C@@H]1[C@@H]2O[Si](C(C)(C)C)(C(C)(C)C)OC[C@H]2O[C@H]1n1c(C#N)cc(=O)[nH]c1=O. The summed E-state index contributed by atoms with van der Waals surface area (Å²) in [5.41, 5.74) is -1.42. The maximum absolute atomic E-state index is 12.9. The number of aromatic amines is 1. The molecule has 0 aromatic carbocycles. The van der Waals surface area contributed by atoms with E-state index in [4.69, 9.17) is 18.0 Å². The number of aromatic nitrogens is 2. The van der Waals surface area contributed by atoms with E-state index < -0.39 is 52.7 Å². The number of hydrogen-bond acceptors (Lipinski definition) is 7. The standard InChI is InChI=1S/C24H41N3O6Si2/c1-22(2,3)34(10,11)32-19-18-16(14-30-35(33-18,23(4,5)6)24(7,8)9)31-20(19)27-15(13-25)12-17(28)26-21(27)29/h12,16,18-20H,14H2,1-11H3,(H,26,28,29)/t16-,18-,19-,20-/m1/s1. The zero-order chi connectivity index (χ0) is 26.8. The quantitative estimate of drug-likeness (QED) is 0.592. The molecule has 2 saturated heterocycles. The van der Waals surface area contributed by atoms with E-state index in [0.717, 1.165) is 6.07 Å². The first-order valence-electron chi connectivity index (χ1n) is 12.2. The number of hydrogen-bond donors (Lipinski definition) is 1. The summed E-state index contributed by atoms with van der Waals surface area (Å²) in [6.45, 7) is 23.8. The van der Waals surface area contributed by atoms with Gasteiger partial charge in [-0.3, -0.25) is 14.3 Å². The summed E-state index contributed by atoms with van der Waals surface area (Å²) >= 11 is 0. The molecule has 0 bridgehead atoms. The van der Waals surface area contributed by atoms with Gasteiger partial charge in [-0.15, -0.1) is 0 Å². The van der Waals surface area contributed by atoms with Crippen molar-refractivity contribution >= 4 is 16.9 Å². The average Bonchev–Trinajstić information content (AvgIpc) is 3.01. The molecule has 0 unspecified atom stereocenters. The van der Waals surface area contributed by atoms with Crippen LogP contribution in [0.5, 0.6) is 0 Å². The fraction of sp³-hybridized carbons (Fsp3) is 0.792. The molecule has 0 aliphatic carbocycles. The third-order valence-corrected chi connectivity index (χ3v) is 17.2. The summed E-state index contributed by atoms with van der Waals surface area (Å²) in [5.74, 6) is 0. The van der Waals surface area contributed by atoms with Crippen LogP contribution in [0.15, 0.2) is 15.7 Å². The molecule has 1 aromatic rings. The van der Waals surface area contributed by atoms with Crippen LogP contribution in [0.1, 0.15) is 74.2 Å². The van der Waals surface area contributed by atoms with E-state index in [1.54, 1.807) is 0 Å². The van der Waals surface area contributed by atoms with Crippen LogP contribution in [0.3, 0.4) is 0 Å². The first-order chi connectivity index (χ1) is 15.8. The lowest BCUT2D eigenvalue weighted by atomic mass is 10.1. The molecule has 4 atom stereocenters. The van der Waals surface area contributed by atoms with Crippen molar-refractivity contribution in [3.05, 3.63) is 32.6 Å². The number of ether oxygens (including phenoxy) is 1. The lowest BCUT2D eigenvalue weighted by Crippen LogP contribution is -2.66. The fourth-order valence-electron chi connectivity index (χ4n) is 5.02. The van der Waals surface area contributed by atoms with Gasteiger partial charge in [0.05, 0.1) is 6.61 Å². The third-order valence-electron chi connectivity index (χ3n) is 7.60. The molecule has 0 amide bonds. The van der Waals surface area contributed by atoms with Crippen molar-refractivity contribution in [2.24, 2.45) is 0 Å². The van der Waals surface area contributed by atoms with Gasteiger partial charge in [0.15, 0.2) is 14.5 Å². The van der Waals surface area contributed by atoms with Gasteiger partial charge in [0, 0.05) is 16.1 Å². The molecule has 1 aromatic heterocycles. The topological polar surface area (TPSA) is 116 Å². The molecule has 35 heavy (non-hydrogen) atoms. The zero-order valence-electron chi connectivity index (χ0n) is 22.9. The highest BCUT2D eigenvalue weighted by molar-refractivity contribution is 6.74. The van der Waals surface area contributed by atoms with E-state index in [9.17, 15) is 14.9 Å². The highest BCUT2D eigenvalue weighted by Crippen LogP contribution is 2.56. The lowest BCUT2D eigenvalue weighted by Gasteiger charge is -2.54. The monoisotopic (exact) mass is 523 g/mol. The summed E-state index contributed by atoms with van der Waals surface area (Å²) in [6.07, 6.45) is -2.56. The first kappa shape index (κ1) is 28.0.